The van der Waals surface area contributed by atoms with Gasteiger partial charge in [0.05, 0.1) is 12.2 Å². The molecule has 0 spiro atoms. The number of ether oxygens (including phenoxy) is 1. The highest BCUT2D eigenvalue weighted by atomic mass is 16.5. The lowest BCUT2D eigenvalue weighted by Crippen LogP contribution is -2.10. The Labute approximate surface area is 150 Å². The van der Waals surface area contributed by atoms with Crippen molar-refractivity contribution < 1.29 is 18.7 Å². The number of ketones is 1. The number of hydrogen-bond donors (Lipinski definition) is 1. The summed E-state index contributed by atoms with van der Waals surface area (Å²) in [6, 6.07) is 15.3. The molecule has 0 aliphatic carbocycles. The zero-order valence-electron chi connectivity index (χ0n) is 14.5. The molecule has 3 aromatic rings. The molecule has 0 saturated carbocycles. The van der Waals surface area contributed by atoms with E-state index in [1.807, 2.05) is 6.07 Å². The molecule has 6 heteroatoms. The highest BCUT2D eigenvalue weighted by molar-refractivity contribution is 5.96. The first-order chi connectivity index (χ1) is 12.4. The van der Waals surface area contributed by atoms with Crippen molar-refractivity contribution in [2.24, 2.45) is 0 Å². The number of fused-ring (bicyclic) bond motifs is 1. The van der Waals surface area contributed by atoms with E-state index in [0.29, 0.717) is 23.4 Å². The Bertz CT molecular complexity index is 973. The fourth-order valence-corrected chi connectivity index (χ4v) is 2.14. The lowest BCUT2D eigenvalue weighted by Gasteiger charge is -2.00. The fourth-order valence-electron chi connectivity index (χ4n) is 2.14. The molecule has 1 heterocycles. The molecule has 0 fully saturated rings. The van der Waals surface area contributed by atoms with Crippen LogP contribution in [0.5, 0.6) is 0 Å². The second kappa shape index (κ2) is 8.62. The molecule has 0 unspecified atom stereocenters. The molecule has 0 aliphatic heterocycles. The molecular weight excluding hydrogens is 334 g/mol. The van der Waals surface area contributed by atoms with E-state index in [1.165, 1.54) is 6.92 Å². The van der Waals surface area contributed by atoms with Crippen molar-refractivity contribution in [3.63, 3.8) is 0 Å². The quantitative estimate of drug-likeness (QED) is 0.335. The molecule has 0 radical (unpaired) electrons. The summed E-state index contributed by atoms with van der Waals surface area (Å²) in [6.45, 7) is 3.51. The summed E-state index contributed by atoms with van der Waals surface area (Å²) in [5, 5.41) is 0.761. The first kappa shape index (κ1) is 18.9. The lowest BCUT2D eigenvalue weighted by molar-refractivity contribution is 0.0526. The summed E-state index contributed by atoms with van der Waals surface area (Å²) >= 11 is 0. The van der Waals surface area contributed by atoms with Gasteiger partial charge in [-0.1, -0.05) is 18.2 Å². The highest BCUT2D eigenvalue weighted by Gasteiger charge is 2.08. The van der Waals surface area contributed by atoms with Crippen LogP contribution in [0.3, 0.4) is 0 Å². The molecule has 0 saturated heterocycles. The first-order valence-electron chi connectivity index (χ1n) is 7.99. The van der Waals surface area contributed by atoms with Crippen LogP contribution in [0.25, 0.3) is 11.0 Å². The number of benzene rings is 2. The molecule has 0 atom stereocenters. The van der Waals surface area contributed by atoms with E-state index in [4.69, 9.17) is 14.9 Å². The van der Waals surface area contributed by atoms with Gasteiger partial charge in [0.1, 0.15) is 11.1 Å². The van der Waals surface area contributed by atoms with Gasteiger partial charge in [-0.2, -0.15) is 0 Å². The average Bonchev–Trinajstić information content (AvgIpc) is 2.62. The lowest BCUT2D eigenvalue weighted by atomic mass is 10.1. The molecule has 0 amide bonds. The van der Waals surface area contributed by atoms with Crippen molar-refractivity contribution in [1.29, 1.82) is 0 Å². The van der Waals surface area contributed by atoms with Gasteiger partial charge in [-0.3, -0.25) is 4.79 Å². The van der Waals surface area contributed by atoms with Gasteiger partial charge < -0.3 is 14.9 Å². The number of anilines is 1. The third kappa shape index (κ3) is 4.80. The summed E-state index contributed by atoms with van der Waals surface area (Å²) in [4.78, 5) is 33.4. The molecule has 1 aromatic heterocycles. The molecule has 2 N–H and O–H groups in total. The molecule has 3 rings (SSSR count). The van der Waals surface area contributed by atoms with Gasteiger partial charge in [0.25, 0.3) is 0 Å². The number of carbonyl (C=O) groups is 2. The number of para-hydroxylation sites is 1. The van der Waals surface area contributed by atoms with E-state index in [-0.39, 0.29) is 17.3 Å². The molecular formula is C20H19NO5. The smallest absolute Gasteiger partial charge is 0.347 e. The number of hydrogen-bond acceptors (Lipinski definition) is 6. The number of nitrogens with two attached hydrogens (primary N) is 1. The van der Waals surface area contributed by atoms with Crippen LogP contribution in [0.2, 0.25) is 0 Å². The number of rotatable bonds is 3. The van der Waals surface area contributed by atoms with E-state index in [1.54, 1.807) is 55.5 Å². The number of carbonyl (C=O) groups excluding carboxylic acids is 2. The van der Waals surface area contributed by atoms with Crippen LogP contribution in [0.4, 0.5) is 5.69 Å². The van der Waals surface area contributed by atoms with Gasteiger partial charge in [0, 0.05) is 11.1 Å². The van der Waals surface area contributed by atoms with Crippen molar-refractivity contribution in [1.82, 2.24) is 0 Å². The molecule has 134 valence electrons. The topological polar surface area (TPSA) is 99.6 Å². The zero-order valence-corrected chi connectivity index (χ0v) is 14.5. The molecule has 2 aromatic carbocycles. The van der Waals surface area contributed by atoms with Gasteiger partial charge in [-0.25, -0.2) is 9.59 Å². The standard InChI is InChI=1S/C11H8O3.C9H11NO2/c1-7(12)9-6-8-4-2-3-5-10(8)14-11(9)13;1-2-12-9(11)7-3-5-8(10)6-4-7/h2-6H,1H3;3-6H,2,10H2,1H3. The Kier molecular flexibility index (Phi) is 6.27. The van der Waals surface area contributed by atoms with E-state index >= 15 is 0 Å². The van der Waals surface area contributed by atoms with E-state index in [2.05, 4.69) is 0 Å². The minimum atomic E-state index is -0.573. The van der Waals surface area contributed by atoms with Crippen LogP contribution >= 0.6 is 0 Å². The second-order valence-corrected chi connectivity index (χ2v) is 5.38. The summed E-state index contributed by atoms with van der Waals surface area (Å²) in [5.41, 5.74) is 6.65. The van der Waals surface area contributed by atoms with Gasteiger partial charge in [-0.15, -0.1) is 0 Å². The highest BCUT2D eigenvalue weighted by Crippen LogP contribution is 2.12. The predicted molar refractivity (Wildman–Crippen MR) is 99.3 cm³/mol. The van der Waals surface area contributed by atoms with Crippen molar-refractivity contribution in [3.05, 3.63) is 76.1 Å². The molecule has 6 nitrogen and oxygen atoms in total. The summed E-state index contributed by atoms with van der Waals surface area (Å²) in [5.74, 6) is -0.581. The van der Waals surface area contributed by atoms with Crippen molar-refractivity contribution >= 4 is 28.4 Å². The Balaban J connectivity index is 0.000000190. The monoisotopic (exact) mass is 353 g/mol. The van der Waals surface area contributed by atoms with E-state index in [9.17, 15) is 14.4 Å². The Morgan fingerprint density at radius 2 is 1.73 bits per heavy atom. The minimum absolute atomic E-state index is 0.101. The van der Waals surface area contributed by atoms with Gasteiger partial charge in [-0.05, 0) is 50.2 Å². The summed E-state index contributed by atoms with van der Waals surface area (Å²) in [6.07, 6.45) is 0. The van der Waals surface area contributed by atoms with Gasteiger partial charge in [0.15, 0.2) is 5.78 Å². The largest absolute Gasteiger partial charge is 0.462 e. The van der Waals surface area contributed by atoms with Crippen LogP contribution in [0.1, 0.15) is 34.6 Å². The maximum atomic E-state index is 11.3. The van der Waals surface area contributed by atoms with E-state index < -0.39 is 5.63 Å². The number of Topliss-reactive ketones (excluding diaryl/α,β-unsaturated/α-hetero) is 1. The van der Waals surface area contributed by atoms with Crippen LogP contribution < -0.4 is 11.4 Å². The SMILES string of the molecule is CC(=O)c1cc2ccccc2oc1=O.CCOC(=O)c1ccc(N)cc1. The van der Waals surface area contributed by atoms with Crippen molar-refractivity contribution in [3.8, 4) is 0 Å². The number of esters is 1. The van der Waals surface area contributed by atoms with E-state index in [0.717, 1.165) is 5.39 Å². The second-order valence-electron chi connectivity index (χ2n) is 5.38. The molecule has 0 bridgehead atoms. The minimum Gasteiger partial charge on any atom is -0.462 e. The zero-order chi connectivity index (χ0) is 19.1. The average molecular weight is 353 g/mol. The Morgan fingerprint density at radius 3 is 2.35 bits per heavy atom. The molecule has 0 aliphatic rings. The first-order valence-corrected chi connectivity index (χ1v) is 7.99. The van der Waals surface area contributed by atoms with Crippen LogP contribution in [0, 0.1) is 0 Å². The van der Waals surface area contributed by atoms with Crippen LogP contribution in [-0.4, -0.2) is 18.4 Å². The molecule has 26 heavy (non-hydrogen) atoms. The fraction of sp³-hybridized carbons (Fsp3) is 0.150. The van der Waals surface area contributed by atoms with Gasteiger partial charge in [0.2, 0.25) is 0 Å². The Morgan fingerprint density at radius 1 is 1.08 bits per heavy atom. The Hall–Kier alpha value is -3.41. The van der Waals surface area contributed by atoms with Gasteiger partial charge >= 0.3 is 11.6 Å². The summed E-state index contributed by atoms with van der Waals surface area (Å²) < 4.78 is 9.77. The number of nitrogen functional groups attached to an aromatic ring is 1. The maximum Gasteiger partial charge on any atom is 0.347 e. The third-order valence-electron chi connectivity index (χ3n) is 3.44. The summed E-state index contributed by atoms with van der Waals surface area (Å²) in [7, 11) is 0. The maximum absolute atomic E-state index is 11.3. The van der Waals surface area contributed by atoms with Crippen molar-refractivity contribution in [2.75, 3.05) is 12.3 Å². The van der Waals surface area contributed by atoms with Crippen LogP contribution in [-0.2, 0) is 4.74 Å². The normalized spacial score (nSPS) is 9.92. The van der Waals surface area contributed by atoms with Crippen molar-refractivity contribution in [2.45, 2.75) is 13.8 Å². The predicted octanol–water partition coefficient (Wildman–Crippen LogP) is 3.44. The third-order valence-corrected chi connectivity index (χ3v) is 3.44. The van der Waals surface area contributed by atoms with Crippen LogP contribution in [0.15, 0.2) is 63.8 Å².